The predicted octanol–water partition coefficient (Wildman–Crippen LogP) is 7.04. The molecule has 10 aliphatic rings. The Morgan fingerprint density at radius 2 is 1.35 bits per heavy atom. The molecule has 9 aliphatic heterocycles. The summed E-state index contributed by atoms with van der Waals surface area (Å²) in [7, 11) is 0. The summed E-state index contributed by atoms with van der Waals surface area (Å²) in [6.45, 7) is 5.12. The van der Waals surface area contributed by atoms with Crippen LogP contribution in [-0.4, -0.2) is 41.4 Å². The average Bonchev–Trinajstić information content (AvgIpc) is 3.25. The van der Waals surface area contributed by atoms with E-state index < -0.39 is 5.54 Å². The molecule has 8 bridgehead atoms. The van der Waals surface area contributed by atoms with E-state index in [4.69, 9.17) is 4.99 Å². The van der Waals surface area contributed by atoms with Crippen molar-refractivity contribution < 1.29 is 4.79 Å². The van der Waals surface area contributed by atoms with E-state index in [0.717, 1.165) is 63.3 Å². The molecule has 1 N–H and O–H groups in total. The van der Waals surface area contributed by atoms with Gasteiger partial charge in [-0.1, -0.05) is 86.8 Å². The number of carbonyl (C=O) groups excluding carboxylic acids is 1. The number of nitrogens with one attached hydrogen (secondary N) is 1. The van der Waals surface area contributed by atoms with Gasteiger partial charge in [-0.05, 0) is 72.1 Å². The molecule has 3 fully saturated rings. The van der Waals surface area contributed by atoms with Gasteiger partial charge in [0, 0.05) is 31.2 Å². The minimum absolute atomic E-state index is 0.0294. The predicted molar refractivity (Wildman–Crippen MR) is 162 cm³/mol. The Kier molecular flexibility index (Phi) is 6.71. The van der Waals surface area contributed by atoms with E-state index in [1.165, 1.54) is 47.1 Å². The maximum atomic E-state index is 13.6. The van der Waals surface area contributed by atoms with Crippen LogP contribution in [0.25, 0.3) is 0 Å². The molecule has 3 aromatic carbocycles. The van der Waals surface area contributed by atoms with Crippen molar-refractivity contribution in [2.45, 2.75) is 82.3 Å². The minimum atomic E-state index is -0.400. The van der Waals surface area contributed by atoms with E-state index in [1.54, 1.807) is 0 Å². The van der Waals surface area contributed by atoms with E-state index in [0.29, 0.717) is 12.0 Å². The number of piperidine rings is 1. The van der Waals surface area contributed by atoms with E-state index in [1.807, 2.05) is 4.90 Å². The average molecular weight is 533 g/mol. The molecule has 40 heavy (non-hydrogen) atoms. The van der Waals surface area contributed by atoms with Gasteiger partial charge in [-0.3, -0.25) is 20.1 Å². The number of hydrogen-bond donors (Lipinski definition) is 1. The Labute approximate surface area is 238 Å². The van der Waals surface area contributed by atoms with Gasteiger partial charge in [0.1, 0.15) is 11.4 Å². The van der Waals surface area contributed by atoms with Crippen molar-refractivity contribution >= 4 is 17.6 Å². The summed E-state index contributed by atoms with van der Waals surface area (Å²) in [4.78, 5) is 23.5. The van der Waals surface area contributed by atoms with Gasteiger partial charge in [-0.2, -0.15) is 0 Å². The van der Waals surface area contributed by atoms with Gasteiger partial charge in [0.2, 0.25) is 0 Å². The zero-order valence-corrected chi connectivity index (χ0v) is 23.6. The molecule has 206 valence electrons. The number of anilines is 1. The van der Waals surface area contributed by atoms with Crippen LogP contribution in [0.15, 0.2) is 77.8 Å². The van der Waals surface area contributed by atoms with E-state index in [9.17, 15) is 4.79 Å². The van der Waals surface area contributed by atoms with Crippen molar-refractivity contribution in [3.05, 3.63) is 101 Å². The van der Waals surface area contributed by atoms with Crippen LogP contribution in [0.2, 0.25) is 0 Å². The standard InChI is InChI=1S/C35H40N4O/c1-25-29-13-7-26(8-14-29)23-27-11-17-32(18-12-27)39-34(40)37-33(36-31-5-3-2-4-6-31)35(39)19-21-38(22-20-35)24-28-9-15-30(25)16-10-28/h7-18,25,31H,2-6,19-24H2,1H3,(H,36,37,40). The van der Waals surface area contributed by atoms with Crippen molar-refractivity contribution in [3.8, 4) is 0 Å². The summed E-state index contributed by atoms with van der Waals surface area (Å²) in [6.07, 6.45) is 8.70. The van der Waals surface area contributed by atoms with Crippen molar-refractivity contribution in [1.29, 1.82) is 0 Å². The number of hydrogen-bond acceptors (Lipinski definition) is 3. The molecule has 2 saturated heterocycles. The Morgan fingerprint density at radius 3 is 1.98 bits per heavy atom. The van der Waals surface area contributed by atoms with Crippen LogP contribution in [0, 0.1) is 0 Å². The molecule has 0 aromatic heterocycles. The Balaban J connectivity index is 1.27. The molecule has 13 rings (SSSR count). The Hall–Kier alpha value is -3.44. The molecule has 1 spiro atoms. The lowest BCUT2D eigenvalue weighted by Crippen LogP contribution is -2.57. The molecular formula is C35H40N4O. The second-order valence-corrected chi connectivity index (χ2v) is 12.4. The monoisotopic (exact) mass is 532 g/mol. The van der Waals surface area contributed by atoms with Crippen LogP contribution in [-0.2, 0) is 13.0 Å². The number of amidine groups is 1. The lowest BCUT2D eigenvalue weighted by atomic mass is 9.84. The van der Waals surface area contributed by atoms with Crippen LogP contribution in [0.4, 0.5) is 10.5 Å². The third-order valence-electron chi connectivity index (χ3n) is 9.84. The smallest absolute Gasteiger partial charge is 0.299 e. The lowest BCUT2D eigenvalue weighted by molar-refractivity contribution is 0.184. The molecule has 3 aromatic rings. The number of nitrogens with zero attached hydrogens (tertiary/aromatic N) is 3. The number of urea groups is 1. The highest BCUT2D eigenvalue weighted by Crippen LogP contribution is 2.39. The van der Waals surface area contributed by atoms with Gasteiger partial charge >= 0.3 is 6.03 Å². The first-order chi connectivity index (χ1) is 19.6. The van der Waals surface area contributed by atoms with E-state index >= 15 is 0 Å². The highest BCUT2D eigenvalue weighted by Gasteiger charge is 2.53. The molecule has 0 radical (unpaired) electrons. The van der Waals surface area contributed by atoms with Gasteiger partial charge in [0.15, 0.2) is 0 Å². The fourth-order valence-corrected chi connectivity index (χ4v) is 7.31. The number of amides is 2. The van der Waals surface area contributed by atoms with Gasteiger partial charge < -0.3 is 0 Å². The van der Waals surface area contributed by atoms with Crippen LogP contribution in [0.5, 0.6) is 0 Å². The summed E-state index contributed by atoms with van der Waals surface area (Å²) in [5, 5.41) is 3.26. The quantitative estimate of drug-likeness (QED) is 0.365. The Bertz CT molecular complexity index is 1380. The molecule has 5 nitrogen and oxygen atoms in total. The number of carbonyl (C=O) groups is 1. The first-order valence-corrected chi connectivity index (χ1v) is 15.3. The lowest BCUT2D eigenvalue weighted by Gasteiger charge is -2.44. The zero-order chi connectivity index (χ0) is 27.1. The molecule has 1 unspecified atom stereocenters. The first-order valence-electron chi connectivity index (χ1n) is 15.3. The second kappa shape index (κ2) is 10.5. The fourth-order valence-electron chi connectivity index (χ4n) is 7.31. The van der Waals surface area contributed by atoms with Gasteiger partial charge in [-0.25, -0.2) is 4.79 Å². The fraction of sp³-hybridized carbons (Fsp3) is 0.429. The maximum Gasteiger partial charge on any atom is 0.328 e. The van der Waals surface area contributed by atoms with Crippen LogP contribution in [0.3, 0.4) is 0 Å². The van der Waals surface area contributed by atoms with Crippen LogP contribution < -0.4 is 10.2 Å². The summed E-state index contributed by atoms with van der Waals surface area (Å²) in [6, 6.07) is 27.2. The summed E-state index contributed by atoms with van der Waals surface area (Å²) >= 11 is 0. The Morgan fingerprint density at radius 1 is 0.775 bits per heavy atom. The molecule has 2 amide bonds. The summed E-state index contributed by atoms with van der Waals surface area (Å²) < 4.78 is 0. The SMILES string of the molecule is CC1c2ccc(cc2)Cc2ccc(cc2)N2C(=O)NC(=NC3CCCCC3)C23CCN(CC3)Cc2ccc1cc2. The third-order valence-corrected chi connectivity index (χ3v) is 9.84. The highest BCUT2D eigenvalue weighted by atomic mass is 16.2. The first kappa shape index (κ1) is 25.5. The van der Waals surface area contributed by atoms with E-state index in [2.05, 4.69) is 89.9 Å². The van der Waals surface area contributed by atoms with Crippen molar-refractivity contribution in [2.24, 2.45) is 4.99 Å². The number of aliphatic imine (C=N–C) groups is 1. The third kappa shape index (κ3) is 4.75. The maximum absolute atomic E-state index is 13.6. The second-order valence-electron chi connectivity index (χ2n) is 12.4. The zero-order valence-electron chi connectivity index (χ0n) is 23.6. The number of benzene rings is 3. The van der Waals surface area contributed by atoms with Crippen LogP contribution in [0.1, 0.15) is 85.6 Å². The van der Waals surface area contributed by atoms with Gasteiger partial charge in [-0.15, -0.1) is 0 Å². The molecular weight excluding hydrogens is 492 g/mol. The molecule has 1 saturated carbocycles. The van der Waals surface area contributed by atoms with Crippen LogP contribution >= 0.6 is 0 Å². The largest absolute Gasteiger partial charge is 0.328 e. The van der Waals surface area contributed by atoms with Gasteiger partial charge in [0.05, 0.1) is 6.04 Å². The van der Waals surface area contributed by atoms with Gasteiger partial charge in [0.25, 0.3) is 0 Å². The van der Waals surface area contributed by atoms with Crippen molar-refractivity contribution in [2.75, 3.05) is 18.0 Å². The van der Waals surface area contributed by atoms with Crippen molar-refractivity contribution in [1.82, 2.24) is 10.2 Å². The van der Waals surface area contributed by atoms with Crippen molar-refractivity contribution in [3.63, 3.8) is 0 Å². The molecule has 1 aliphatic carbocycles. The minimum Gasteiger partial charge on any atom is -0.299 e. The summed E-state index contributed by atoms with van der Waals surface area (Å²) in [5.74, 6) is 1.27. The molecule has 5 heteroatoms. The molecule has 1 atom stereocenters. The van der Waals surface area contributed by atoms with E-state index in [-0.39, 0.29) is 6.03 Å². The highest BCUT2D eigenvalue weighted by molar-refractivity contribution is 6.19. The summed E-state index contributed by atoms with van der Waals surface area (Å²) in [5.41, 5.74) is 7.18. The topological polar surface area (TPSA) is 47.9 Å². The number of rotatable bonds is 1. The molecule has 9 heterocycles. The normalized spacial score (nSPS) is 27.8.